The first kappa shape index (κ1) is 14.8. The van der Waals surface area contributed by atoms with E-state index in [2.05, 4.69) is 21.2 Å². The van der Waals surface area contributed by atoms with Gasteiger partial charge in [-0.1, -0.05) is 11.6 Å². The van der Waals surface area contributed by atoms with E-state index in [4.69, 9.17) is 16.3 Å². The lowest BCUT2D eigenvalue weighted by atomic mass is 9.87. The quantitative estimate of drug-likeness (QED) is 0.876. The van der Waals surface area contributed by atoms with Gasteiger partial charge in [-0.15, -0.1) is 0 Å². The molecule has 4 nitrogen and oxygen atoms in total. The van der Waals surface area contributed by atoms with Gasteiger partial charge in [0.1, 0.15) is 0 Å². The van der Waals surface area contributed by atoms with Gasteiger partial charge >= 0.3 is 0 Å². The number of amides is 1. The van der Waals surface area contributed by atoms with E-state index in [-0.39, 0.29) is 17.9 Å². The summed E-state index contributed by atoms with van der Waals surface area (Å²) in [4.78, 5) is 12.1. The van der Waals surface area contributed by atoms with Gasteiger partial charge in [-0.25, -0.2) is 0 Å². The van der Waals surface area contributed by atoms with E-state index >= 15 is 0 Å². The van der Waals surface area contributed by atoms with Gasteiger partial charge < -0.3 is 15.2 Å². The van der Waals surface area contributed by atoms with Crippen LogP contribution in [0.15, 0.2) is 16.6 Å². The van der Waals surface area contributed by atoms with E-state index in [9.17, 15) is 9.90 Å². The minimum Gasteiger partial charge on any atom is -0.396 e. The Hall–Kier alpha value is -0.620. The molecule has 0 unspecified atom stereocenters. The maximum atomic E-state index is 12.1. The number of benzene rings is 1. The molecule has 1 amide bonds. The third-order valence-corrected chi connectivity index (χ3v) is 4.83. The molecule has 1 aromatic carbocycles. The van der Waals surface area contributed by atoms with Gasteiger partial charge in [0, 0.05) is 16.6 Å². The lowest BCUT2D eigenvalue weighted by Gasteiger charge is -2.39. The summed E-state index contributed by atoms with van der Waals surface area (Å²) in [5.41, 5.74) is 1.09. The highest BCUT2D eigenvalue weighted by atomic mass is 79.9. The molecule has 0 spiro atoms. The first-order valence-corrected chi connectivity index (χ1v) is 7.07. The molecular formula is C13H15BrClNO3. The lowest BCUT2D eigenvalue weighted by Crippen LogP contribution is -2.53. The summed E-state index contributed by atoms with van der Waals surface area (Å²) in [6.07, 6.45) is 0. The number of carbonyl (C=O) groups excluding carboxylic acids is 1. The van der Waals surface area contributed by atoms with Crippen molar-refractivity contribution >= 4 is 33.4 Å². The first-order valence-electron chi connectivity index (χ1n) is 5.90. The smallest absolute Gasteiger partial charge is 0.251 e. The third kappa shape index (κ3) is 3.11. The Labute approximate surface area is 125 Å². The number of halogens is 2. The highest BCUT2D eigenvalue weighted by molar-refractivity contribution is 9.10. The van der Waals surface area contributed by atoms with Gasteiger partial charge in [0.2, 0.25) is 0 Å². The minimum absolute atomic E-state index is 0.00734. The Morgan fingerprint density at radius 2 is 2.26 bits per heavy atom. The van der Waals surface area contributed by atoms with Crippen molar-refractivity contribution in [3.63, 3.8) is 0 Å². The highest BCUT2D eigenvalue weighted by Crippen LogP contribution is 2.28. The highest BCUT2D eigenvalue weighted by Gasteiger charge is 2.38. The van der Waals surface area contributed by atoms with Crippen molar-refractivity contribution in [3.8, 4) is 0 Å². The molecule has 2 N–H and O–H groups in total. The Morgan fingerprint density at radius 3 is 2.74 bits per heavy atom. The van der Waals surface area contributed by atoms with Gasteiger partial charge in [-0.3, -0.25) is 4.79 Å². The fourth-order valence-electron chi connectivity index (χ4n) is 1.87. The average Bonchev–Trinajstić information content (AvgIpc) is 2.34. The van der Waals surface area contributed by atoms with Crippen molar-refractivity contribution in [1.82, 2.24) is 5.32 Å². The van der Waals surface area contributed by atoms with Gasteiger partial charge in [0.15, 0.2) is 0 Å². The molecule has 1 aromatic rings. The zero-order valence-electron chi connectivity index (χ0n) is 10.5. The largest absolute Gasteiger partial charge is 0.396 e. The van der Waals surface area contributed by atoms with Crippen molar-refractivity contribution in [2.24, 2.45) is 5.41 Å². The zero-order valence-corrected chi connectivity index (χ0v) is 12.8. The Kier molecular flexibility index (Phi) is 4.50. The lowest BCUT2D eigenvalue weighted by molar-refractivity contribution is -0.133. The van der Waals surface area contributed by atoms with E-state index in [0.717, 1.165) is 10.0 Å². The van der Waals surface area contributed by atoms with Crippen LogP contribution < -0.4 is 5.32 Å². The van der Waals surface area contributed by atoms with Crippen molar-refractivity contribution < 1.29 is 14.6 Å². The topological polar surface area (TPSA) is 58.6 Å². The summed E-state index contributed by atoms with van der Waals surface area (Å²) in [5.74, 6) is -0.197. The van der Waals surface area contributed by atoms with Gasteiger partial charge in [0.25, 0.3) is 5.91 Å². The summed E-state index contributed by atoms with van der Waals surface area (Å²) >= 11 is 9.38. The van der Waals surface area contributed by atoms with Crippen LogP contribution in [0.4, 0.5) is 0 Å². The standard InChI is InChI=1S/C13H15BrClNO3/c1-8-2-9(3-10(15)11(8)14)12(18)16-4-13(5-17)6-19-7-13/h2-3,17H,4-7H2,1H3,(H,16,18). The normalized spacial score (nSPS) is 16.8. The van der Waals surface area contributed by atoms with Crippen LogP contribution in [-0.4, -0.2) is 37.4 Å². The number of nitrogens with one attached hydrogen (secondary N) is 1. The predicted molar refractivity (Wildman–Crippen MR) is 76.6 cm³/mol. The number of aryl methyl sites for hydroxylation is 1. The third-order valence-electron chi connectivity index (χ3n) is 3.25. The Morgan fingerprint density at radius 1 is 1.58 bits per heavy atom. The van der Waals surface area contributed by atoms with E-state index in [1.54, 1.807) is 12.1 Å². The fraction of sp³-hybridized carbons (Fsp3) is 0.462. The number of carbonyl (C=O) groups is 1. The average molecular weight is 349 g/mol. The van der Waals surface area contributed by atoms with Crippen LogP contribution in [0.5, 0.6) is 0 Å². The molecule has 2 rings (SSSR count). The first-order chi connectivity index (χ1) is 8.97. The monoisotopic (exact) mass is 347 g/mol. The van der Waals surface area contributed by atoms with Crippen LogP contribution in [0, 0.1) is 12.3 Å². The number of aliphatic hydroxyl groups excluding tert-OH is 1. The zero-order chi connectivity index (χ0) is 14.0. The van der Waals surface area contributed by atoms with E-state index in [1.807, 2.05) is 6.92 Å². The summed E-state index contributed by atoms with van der Waals surface area (Å²) < 4.78 is 5.88. The van der Waals surface area contributed by atoms with Crippen molar-refractivity contribution in [1.29, 1.82) is 0 Å². The van der Waals surface area contributed by atoms with Crippen LogP contribution in [0.3, 0.4) is 0 Å². The summed E-state index contributed by atoms with van der Waals surface area (Å²) in [5, 5.41) is 12.6. The second-order valence-corrected chi connectivity index (χ2v) is 6.12. The molecule has 1 heterocycles. The number of rotatable bonds is 4. The molecular weight excluding hydrogens is 334 g/mol. The summed E-state index contributed by atoms with van der Waals surface area (Å²) in [7, 11) is 0. The minimum atomic E-state index is -0.330. The number of aliphatic hydroxyl groups is 1. The van der Waals surface area contributed by atoms with Crippen molar-refractivity contribution in [2.75, 3.05) is 26.4 Å². The van der Waals surface area contributed by atoms with Crippen LogP contribution in [0.2, 0.25) is 5.02 Å². The predicted octanol–water partition coefficient (Wildman–Crippen LogP) is 2.15. The maximum Gasteiger partial charge on any atom is 0.251 e. The van der Waals surface area contributed by atoms with Crippen molar-refractivity contribution in [2.45, 2.75) is 6.92 Å². The van der Waals surface area contributed by atoms with Crippen LogP contribution in [0.1, 0.15) is 15.9 Å². The molecule has 19 heavy (non-hydrogen) atoms. The number of hydrogen-bond acceptors (Lipinski definition) is 3. The second-order valence-electron chi connectivity index (χ2n) is 4.92. The fourth-order valence-corrected chi connectivity index (χ4v) is 2.36. The summed E-state index contributed by atoms with van der Waals surface area (Å²) in [6.45, 7) is 3.23. The van der Waals surface area contributed by atoms with Crippen LogP contribution >= 0.6 is 27.5 Å². The Bertz CT molecular complexity index is 474. The number of ether oxygens (including phenoxy) is 1. The van der Waals surface area contributed by atoms with Crippen molar-refractivity contribution in [3.05, 3.63) is 32.8 Å². The summed E-state index contributed by atoms with van der Waals surface area (Å²) in [6, 6.07) is 3.39. The molecule has 1 saturated heterocycles. The number of hydrogen-bond donors (Lipinski definition) is 2. The maximum absolute atomic E-state index is 12.1. The molecule has 1 fully saturated rings. The SMILES string of the molecule is Cc1cc(C(=O)NCC2(CO)COC2)cc(Cl)c1Br. The molecule has 6 heteroatoms. The van der Waals surface area contributed by atoms with E-state index in [1.165, 1.54) is 0 Å². The molecule has 104 valence electrons. The van der Waals surface area contributed by atoms with Gasteiger partial charge in [-0.2, -0.15) is 0 Å². The van der Waals surface area contributed by atoms with Gasteiger partial charge in [-0.05, 0) is 40.5 Å². The van der Waals surface area contributed by atoms with Gasteiger partial charge in [0.05, 0.1) is 30.3 Å². The second kappa shape index (κ2) is 5.79. The molecule has 0 radical (unpaired) electrons. The van der Waals surface area contributed by atoms with E-state index < -0.39 is 0 Å². The van der Waals surface area contributed by atoms with Crippen LogP contribution in [-0.2, 0) is 4.74 Å². The molecule has 0 bridgehead atoms. The molecule has 1 aliphatic heterocycles. The van der Waals surface area contributed by atoms with Crippen LogP contribution in [0.25, 0.3) is 0 Å². The molecule has 0 aliphatic carbocycles. The molecule has 0 atom stereocenters. The molecule has 0 saturated carbocycles. The molecule has 0 aromatic heterocycles. The molecule has 1 aliphatic rings. The Balaban J connectivity index is 2.04. The van der Waals surface area contributed by atoms with E-state index in [0.29, 0.717) is 30.3 Å².